The molecule has 1 atom stereocenters. The van der Waals surface area contributed by atoms with Gasteiger partial charge in [-0.15, -0.1) is 0 Å². The van der Waals surface area contributed by atoms with Crippen molar-refractivity contribution in [3.63, 3.8) is 0 Å². The molecule has 9 heteroatoms. The lowest BCUT2D eigenvalue weighted by Gasteiger charge is -2.24. The van der Waals surface area contributed by atoms with Gasteiger partial charge in [0.05, 0.1) is 28.5 Å². The second-order valence-corrected chi connectivity index (χ2v) is 10.9. The van der Waals surface area contributed by atoms with Crippen LogP contribution in [0, 0.1) is 13.8 Å². The van der Waals surface area contributed by atoms with Crippen molar-refractivity contribution < 1.29 is 9.53 Å². The van der Waals surface area contributed by atoms with E-state index in [1.165, 1.54) is 11.3 Å². The number of thiazole rings is 1. The Morgan fingerprint density at radius 3 is 2.50 bits per heavy atom. The van der Waals surface area contributed by atoms with E-state index in [-0.39, 0.29) is 12.2 Å². The molecule has 1 aliphatic rings. The molecule has 0 spiro atoms. The molecular formula is C29H25Cl2N3O3S. The highest BCUT2D eigenvalue weighted by Gasteiger charge is 2.33. The van der Waals surface area contributed by atoms with Gasteiger partial charge in [-0.1, -0.05) is 52.7 Å². The smallest absolute Gasteiger partial charge is 0.338 e. The van der Waals surface area contributed by atoms with Crippen LogP contribution in [0.25, 0.3) is 11.8 Å². The van der Waals surface area contributed by atoms with Crippen LogP contribution in [0.5, 0.6) is 0 Å². The minimum atomic E-state index is -0.677. The molecule has 0 saturated heterocycles. The van der Waals surface area contributed by atoms with E-state index in [2.05, 4.69) is 9.56 Å². The molecule has 0 N–H and O–H groups in total. The first-order valence-electron chi connectivity index (χ1n) is 12.1. The molecule has 38 heavy (non-hydrogen) atoms. The molecule has 0 saturated carbocycles. The first kappa shape index (κ1) is 26.2. The predicted molar refractivity (Wildman–Crippen MR) is 152 cm³/mol. The number of nitrogens with zero attached hydrogens (tertiary/aromatic N) is 3. The highest BCUT2D eigenvalue weighted by Crippen LogP contribution is 2.31. The zero-order valence-corrected chi connectivity index (χ0v) is 23.6. The molecular weight excluding hydrogens is 541 g/mol. The van der Waals surface area contributed by atoms with Crippen LogP contribution in [0.2, 0.25) is 10.0 Å². The Labute approximate surface area is 233 Å². The number of halogens is 2. The number of benzene rings is 2. The summed E-state index contributed by atoms with van der Waals surface area (Å²) in [5, 5.41) is 1.22. The number of ether oxygens (including phenoxy) is 1. The fourth-order valence-corrected chi connectivity index (χ4v) is 6.19. The SMILES string of the molecule is CCOC(=O)C1=C(C)N=c2s/c(=C/c3cc(C)n(-c4cccc(Cl)c4)c3C)c(=O)n2[C@H]1c1ccc(Cl)cc1. The number of carbonyl (C=O) groups is 1. The highest BCUT2D eigenvalue weighted by molar-refractivity contribution is 7.07. The number of hydrogen-bond acceptors (Lipinski definition) is 5. The lowest BCUT2D eigenvalue weighted by molar-refractivity contribution is -0.139. The molecule has 1 aliphatic heterocycles. The van der Waals surface area contributed by atoms with Crippen LogP contribution in [0.4, 0.5) is 0 Å². The number of allylic oxidation sites excluding steroid dienone is 1. The molecule has 6 nitrogen and oxygen atoms in total. The fraction of sp³-hybridized carbons (Fsp3) is 0.207. The van der Waals surface area contributed by atoms with E-state index < -0.39 is 12.0 Å². The maximum Gasteiger partial charge on any atom is 0.338 e. The van der Waals surface area contributed by atoms with Gasteiger partial charge in [-0.2, -0.15) is 0 Å². The first-order chi connectivity index (χ1) is 18.2. The fourth-order valence-electron chi connectivity index (χ4n) is 4.84. The van der Waals surface area contributed by atoms with Gasteiger partial charge in [0.25, 0.3) is 5.56 Å². The molecule has 0 unspecified atom stereocenters. The highest BCUT2D eigenvalue weighted by atomic mass is 35.5. The zero-order valence-electron chi connectivity index (χ0n) is 21.3. The predicted octanol–water partition coefficient (Wildman–Crippen LogP) is 5.51. The van der Waals surface area contributed by atoms with Crippen LogP contribution in [-0.4, -0.2) is 21.7 Å². The van der Waals surface area contributed by atoms with Crippen LogP contribution < -0.4 is 14.9 Å². The van der Waals surface area contributed by atoms with Crippen LogP contribution in [0.15, 0.2) is 75.7 Å². The Balaban J connectivity index is 1.69. The monoisotopic (exact) mass is 565 g/mol. The van der Waals surface area contributed by atoms with Gasteiger partial charge in [-0.3, -0.25) is 9.36 Å². The molecule has 0 fully saturated rings. The largest absolute Gasteiger partial charge is 0.463 e. The second-order valence-electron chi connectivity index (χ2n) is 9.00. The van der Waals surface area contributed by atoms with Crippen LogP contribution >= 0.6 is 34.5 Å². The summed E-state index contributed by atoms with van der Waals surface area (Å²) < 4.78 is 9.56. The average Bonchev–Trinajstić information content (AvgIpc) is 3.33. The Morgan fingerprint density at radius 2 is 1.82 bits per heavy atom. The van der Waals surface area contributed by atoms with Crippen LogP contribution in [-0.2, 0) is 9.53 Å². The minimum absolute atomic E-state index is 0.218. The molecule has 5 rings (SSSR count). The summed E-state index contributed by atoms with van der Waals surface area (Å²) in [6.07, 6.45) is 1.88. The zero-order chi connectivity index (χ0) is 27.1. The van der Waals surface area contributed by atoms with E-state index >= 15 is 0 Å². The van der Waals surface area contributed by atoms with Gasteiger partial charge < -0.3 is 9.30 Å². The summed E-state index contributed by atoms with van der Waals surface area (Å²) in [6.45, 7) is 7.76. The summed E-state index contributed by atoms with van der Waals surface area (Å²) in [7, 11) is 0. The maximum absolute atomic E-state index is 13.9. The number of aryl methyl sites for hydroxylation is 1. The second kappa shape index (κ2) is 10.4. The number of hydrogen-bond donors (Lipinski definition) is 0. The van der Waals surface area contributed by atoms with Crippen molar-refractivity contribution in [3.8, 4) is 5.69 Å². The van der Waals surface area contributed by atoms with Gasteiger partial charge in [-0.25, -0.2) is 9.79 Å². The molecule has 4 aromatic rings. The summed E-state index contributed by atoms with van der Waals surface area (Å²) in [5.41, 5.74) is 5.25. The van der Waals surface area contributed by atoms with E-state index in [0.717, 1.165) is 28.2 Å². The van der Waals surface area contributed by atoms with Crippen molar-refractivity contribution in [1.82, 2.24) is 9.13 Å². The van der Waals surface area contributed by atoms with Crippen LogP contribution in [0.3, 0.4) is 0 Å². The third-order valence-electron chi connectivity index (χ3n) is 6.53. The van der Waals surface area contributed by atoms with E-state index in [1.54, 1.807) is 30.5 Å². The van der Waals surface area contributed by atoms with Crippen molar-refractivity contribution in [3.05, 3.63) is 118 Å². The molecule has 2 aromatic heterocycles. The van der Waals surface area contributed by atoms with Gasteiger partial charge in [0.1, 0.15) is 0 Å². The molecule has 0 amide bonds. The normalized spacial score (nSPS) is 15.4. The Kier molecular flexibility index (Phi) is 7.18. The van der Waals surface area contributed by atoms with E-state index in [4.69, 9.17) is 27.9 Å². The first-order valence-corrected chi connectivity index (χ1v) is 13.7. The molecule has 0 aliphatic carbocycles. The third-order valence-corrected chi connectivity index (χ3v) is 8.00. The van der Waals surface area contributed by atoms with Crippen molar-refractivity contribution in [1.29, 1.82) is 0 Å². The van der Waals surface area contributed by atoms with Gasteiger partial charge >= 0.3 is 5.97 Å². The Hall–Kier alpha value is -3.39. The molecule has 0 radical (unpaired) electrons. The number of carbonyl (C=O) groups excluding carboxylic acids is 1. The van der Waals surface area contributed by atoms with Crippen molar-refractivity contribution >= 4 is 46.6 Å². The van der Waals surface area contributed by atoms with Crippen LogP contribution in [0.1, 0.15) is 42.4 Å². The van der Waals surface area contributed by atoms with Gasteiger partial charge in [0.15, 0.2) is 4.80 Å². The number of rotatable bonds is 5. The van der Waals surface area contributed by atoms with Gasteiger partial charge in [-0.05, 0) is 81.3 Å². The topological polar surface area (TPSA) is 65.6 Å². The average molecular weight is 567 g/mol. The third kappa shape index (κ3) is 4.66. The number of fused-ring (bicyclic) bond motifs is 1. The van der Waals surface area contributed by atoms with Crippen molar-refractivity contribution in [2.45, 2.75) is 33.7 Å². The van der Waals surface area contributed by atoms with E-state index in [0.29, 0.717) is 30.6 Å². The maximum atomic E-state index is 13.9. The van der Waals surface area contributed by atoms with Gasteiger partial charge in [0, 0.05) is 27.1 Å². The number of aromatic nitrogens is 2. The Morgan fingerprint density at radius 1 is 1.08 bits per heavy atom. The van der Waals surface area contributed by atoms with Crippen molar-refractivity contribution in [2.24, 2.45) is 4.99 Å². The quantitative estimate of drug-likeness (QED) is 0.299. The lowest BCUT2D eigenvalue weighted by atomic mass is 9.96. The molecule has 2 aromatic carbocycles. The molecule has 3 heterocycles. The van der Waals surface area contributed by atoms with Gasteiger partial charge in [0.2, 0.25) is 0 Å². The summed E-state index contributed by atoms with van der Waals surface area (Å²) in [4.78, 5) is 32.1. The molecule has 194 valence electrons. The Bertz CT molecular complexity index is 1780. The minimum Gasteiger partial charge on any atom is -0.463 e. The standard InChI is InChI=1S/C29H25Cl2N3O3S/c1-5-37-28(36)25-17(3)32-29-34(26(25)19-9-11-21(30)12-10-19)27(35)24(38-29)14-20-13-16(2)33(18(20)4)23-8-6-7-22(31)15-23/h6-15,26H,5H2,1-4H3/b24-14+/t26-/m0/s1. The van der Waals surface area contributed by atoms with E-state index in [9.17, 15) is 9.59 Å². The number of esters is 1. The summed E-state index contributed by atoms with van der Waals surface area (Å²) in [6, 6.07) is 16.1. The summed E-state index contributed by atoms with van der Waals surface area (Å²) >= 11 is 13.7. The lowest BCUT2D eigenvalue weighted by Crippen LogP contribution is -2.39. The van der Waals surface area contributed by atoms with E-state index in [1.807, 2.05) is 62.4 Å². The van der Waals surface area contributed by atoms with Crippen molar-refractivity contribution in [2.75, 3.05) is 6.61 Å². The summed E-state index contributed by atoms with van der Waals surface area (Å²) in [5.74, 6) is -0.493. The molecule has 0 bridgehead atoms.